The average molecular weight is 408 g/mol. The van der Waals surface area contributed by atoms with Crippen molar-refractivity contribution in [1.29, 1.82) is 0 Å². The number of hydrogen-bond donors (Lipinski definition) is 1. The Hall–Kier alpha value is -0.580. The van der Waals surface area contributed by atoms with Crippen LogP contribution in [-0.2, 0) is 0 Å². The third-order valence-electron chi connectivity index (χ3n) is 2.75. The minimum absolute atomic E-state index is 0.174. The normalized spacial score (nSPS) is 12.3. The minimum Gasteiger partial charge on any atom is -0.377 e. The van der Waals surface area contributed by atoms with Gasteiger partial charge in [0.25, 0.3) is 0 Å². The zero-order chi connectivity index (χ0) is 14.0. The van der Waals surface area contributed by atoms with Crippen LogP contribution < -0.4 is 5.32 Å². The van der Waals surface area contributed by atoms with Crippen molar-refractivity contribution in [3.63, 3.8) is 0 Å². The summed E-state index contributed by atoms with van der Waals surface area (Å²) in [6, 6.07) is 10.3. The molecular formula is C14H11Br2ClFN. The fourth-order valence-corrected chi connectivity index (χ4v) is 2.70. The van der Waals surface area contributed by atoms with Gasteiger partial charge in [-0.2, -0.15) is 0 Å². The zero-order valence-electron chi connectivity index (χ0n) is 10.1. The highest BCUT2D eigenvalue weighted by Gasteiger charge is 2.13. The molecule has 0 aliphatic heterocycles. The van der Waals surface area contributed by atoms with Gasteiger partial charge >= 0.3 is 0 Å². The van der Waals surface area contributed by atoms with E-state index in [4.69, 9.17) is 11.6 Å². The van der Waals surface area contributed by atoms with Gasteiger partial charge in [-0.1, -0.05) is 33.6 Å². The quantitative estimate of drug-likeness (QED) is 0.641. The summed E-state index contributed by atoms with van der Waals surface area (Å²) < 4.78 is 15.4. The molecule has 0 aromatic heterocycles. The standard InChI is InChI=1S/C14H11Br2ClFN/c1-8(10-7-9(15)5-6-12(10)18)19-13-4-2-3-11(17)14(13)16/h2-8,19H,1H3. The molecule has 2 rings (SSSR count). The second-order valence-corrected chi connectivity index (χ2v) is 6.25. The first-order valence-corrected chi connectivity index (χ1v) is 7.61. The van der Waals surface area contributed by atoms with Crippen LogP contribution in [0.15, 0.2) is 45.3 Å². The Kier molecular flexibility index (Phi) is 4.87. The molecule has 0 aliphatic carbocycles. The third kappa shape index (κ3) is 3.50. The molecule has 0 aliphatic rings. The molecule has 100 valence electrons. The van der Waals surface area contributed by atoms with Gasteiger partial charge in [0.2, 0.25) is 0 Å². The van der Waals surface area contributed by atoms with E-state index in [0.29, 0.717) is 10.6 Å². The smallest absolute Gasteiger partial charge is 0.128 e. The molecule has 0 bridgehead atoms. The number of halogens is 4. The van der Waals surface area contributed by atoms with Crippen LogP contribution in [0.25, 0.3) is 0 Å². The fraction of sp³-hybridized carbons (Fsp3) is 0.143. The summed E-state index contributed by atoms with van der Waals surface area (Å²) in [4.78, 5) is 0. The molecule has 1 N–H and O–H groups in total. The van der Waals surface area contributed by atoms with Crippen molar-refractivity contribution in [2.75, 3.05) is 5.32 Å². The number of hydrogen-bond acceptors (Lipinski definition) is 1. The van der Waals surface area contributed by atoms with Gasteiger partial charge in [-0.05, 0) is 53.2 Å². The Morgan fingerprint density at radius 2 is 1.95 bits per heavy atom. The van der Waals surface area contributed by atoms with Gasteiger partial charge in [0.1, 0.15) is 5.82 Å². The van der Waals surface area contributed by atoms with Gasteiger partial charge in [-0.3, -0.25) is 0 Å². The van der Waals surface area contributed by atoms with Crippen LogP contribution in [-0.4, -0.2) is 0 Å². The number of rotatable bonds is 3. The fourth-order valence-electron chi connectivity index (χ4n) is 1.77. The van der Waals surface area contributed by atoms with Crippen LogP contribution in [0.5, 0.6) is 0 Å². The van der Waals surface area contributed by atoms with Crippen LogP contribution in [0.2, 0.25) is 5.02 Å². The molecule has 0 amide bonds. The summed E-state index contributed by atoms with van der Waals surface area (Å²) in [5, 5.41) is 3.86. The summed E-state index contributed by atoms with van der Waals surface area (Å²) in [5.74, 6) is -0.235. The SMILES string of the molecule is CC(Nc1cccc(Cl)c1Br)c1cc(Br)ccc1F. The summed E-state index contributed by atoms with van der Waals surface area (Å²) in [6.45, 7) is 1.90. The maximum atomic E-state index is 13.8. The van der Waals surface area contributed by atoms with Crippen molar-refractivity contribution in [3.8, 4) is 0 Å². The first-order valence-electron chi connectivity index (χ1n) is 5.64. The van der Waals surface area contributed by atoms with E-state index in [9.17, 15) is 4.39 Å². The molecule has 2 aromatic carbocycles. The highest BCUT2D eigenvalue weighted by molar-refractivity contribution is 9.11. The van der Waals surface area contributed by atoms with E-state index in [0.717, 1.165) is 14.6 Å². The topological polar surface area (TPSA) is 12.0 Å². The lowest BCUT2D eigenvalue weighted by atomic mass is 10.1. The lowest BCUT2D eigenvalue weighted by Gasteiger charge is -2.18. The number of nitrogens with one attached hydrogen (secondary N) is 1. The second-order valence-electron chi connectivity index (χ2n) is 4.13. The number of benzene rings is 2. The average Bonchev–Trinajstić information content (AvgIpc) is 2.38. The predicted octanol–water partition coefficient (Wildman–Crippen LogP) is 6.18. The van der Waals surface area contributed by atoms with Crippen molar-refractivity contribution in [2.24, 2.45) is 0 Å². The van der Waals surface area contributed by atoms with Crippen molar-refractivity contribution < 1.29 is 4.39 Å². The molecule has 19 heavy (non-hydrogen) atoms. The van der Waals surface area contributed by atoms with E-state index in [2.05, 4.69) is 37.2 Å². The predicted molar refractivity (Wildman–Crippen MR) is 85.3 cm³/mol. The van der Waals surface area contributed by atoms with Crippen molar-refractivity contribution >= 4 is 49.1 Å². The van der Waals surface area contributed by atoms with E-state index in [1.54, 1.807) is 18.2 Å². The Morgan fingerprint density at radius 3 is 2.68 bits per heavy atom. The lowest BCUT2D eigenvalue weighted by molar-refractivity contribution is 0.600. The van der Waals surface area contributed by atoms with Crippen molar-refractivity contribution in [2.45, 2.75) is 13.0 Å². The minimum atomic E-state index is -0.235. The Balaban J connectivity index is 2.28. The summed E-state index contributed by atoms with van der Waals surface area (Å²) in [7, 11) is 0. The summed E-state index contributed by atoms with van der Waals surface area (Å²) in [6.07, 6.45) is 0. The first kappa shape index (κ1) is 14.8. The molecule has 0 spiro atoms. The van der Waals surface area contributed by atoms with E-state index >= 15 is 0 Å². The summed E-state index contributed by atoms with van der Waals surface area (Å²) >= 11 is 12.8. The lowest BCUT2D eigenvalue weighted by Crippen LogP contribution is -2.09. The van der Waals surface area contributed by atoms with Gasteiger partial charge in [0, 0.05) is 10.0 Å². The molecule has 1 unspecified atom stereocenters. The van der Waals surface area contributed by atoms with Crippen LogP contribution >= 0.6 is 43.5 Å². The molecule has 2 aromatic rings. The molecular weight excluding hydrogens is 396 g/mol. The van der Waals surface area contributed by atoms with E-state index in [1.807, 2.05) is 19.1 Å². The monoisotopic (exact) mass is 405 g/mol. The molecule has 1 nitrogen and oxygen atoms in total. The van der Waals surface area contributed by atoms with Gasteiger partial charge < -0.3 is 5.32 Å². The van der Waals surface area contributed by atoms with Crippen LogP contribution in [0, 0.1) is 5.82 Å². The molecule has 0 heterocycles. The summed E-state index contributed by atoms with van der Waals surface area (Å²) in [5.41, 5.74) is 1.43. The Morgan fingerprint density at radius 1 is 1.21 bits per heavy atom. The first-order chi connectivity index (χ1) is 8.99. The highest BCUT2D eigenvalue weighted by atomic mass is 79.9. The molecule has 1 atom stereocenters. The van der Waals surface area contributed by atoms with Crippen LogP contribution in [0.4, 0.5) is 10.1 Å². The molecule has 0 radical (unpaired) electrons. The van der Waals surface area contributed by atoms with Gasteiger partial charge in [-0.25, -0.2) is 4.39 Å². The maximum absolute atomic E-state index is 13.8. The molecule has 0 fully saturated rings. The van der Waals surface area contributed by atoms with Crippen LogP contribution in [0.1, 0.15) is 18.5 Å². The Labute approximate surface area is 133 Å². The van der Waals surface area contributed by atoms with Gasteiger partial charge in [0.15, 0.2) is 0 Å². The molecule has 5 heteroatoms. The highest BCUT2D eigenvalue weighted by Crippen LogP contribution is 2.33. The van der Waals surface area contributed by atoms with E-state index < -0.39 is 0 Å². The van der Waals surface area contributed by atoms with Crippen LogP contribution in [0.3, 0.4) is 0 Å². The van der Waals surface area contributed by atoms with Gasteiger partial charge in [0.05, 0.1) is 21.2 Å². The van der Waals surface area contributed by atoms with E-state index in [-0.39, 0.29) is 11.9 Å². The van der Waals surface area contributed by atoms with Gasteiger partial charge in [-0.15, -0.1) is 0 Å². The van der Waals surface area contributed by atoms with Crippen molar-refractivity contribution in [1.82, 2.24) is 0 Å². The zero-order valence-corrected chi connectivity index (χ0v) is 14.0. The Bertz CT molecular complexity index is 604. The largest absolute Gasteiger partial charge is 0.377 e. The third-order valence-corrected chi connectivity index (χ3v) is 4.64. The number of anilines is 1. The van der Waals surface area contributed by atoms with Crippen molar-refractivity contribution in [3.05, 3.63) is 61.7 Å². The molecule has 0 saturated carbocycles. The maximum Gasteiger partial charge on any atom is 0.128 e. The molecule has 0 saturated heterocycles. The van der Waals surface area contributed by atoms with E-state index in [1.165, 1.54) is 6.07 Å². The second kappa shape index (κ2) is 6.25.